The summed E-state index contributed by atoms with van der Waals surface area (Å²) in [7, 11) is -3.22. The van der Waals surface area contributed by atoms with Gasteiger partial charge >= 0.3 is 0 Å². The zero-order chi connectivity index (χ0) is 23.6. The Morgan fingerprint density at radius 1 is 1.15 bits per heavy atom. The summed E-state index contributed by atoms with van der Waals surface area (Å²) in [6.45, 7) is 4.56. The van der Waals surface area contributed by atoms with E-state index in [0.29, 0.717) is 23.5 Å². The first kappa shape index (κ1) is 22.2. The Kier molecular flexibility index (Phi) is 5.35. The van der Waals surface area contributed by atoms with Crippen molar-refractivity contribution in [3.63, 3.8) is 0 Å². The Morgan fingerprint density at radius 2 is 1.91 bits per heavy atom. The molecule has 1 saturated carbocycles. The topological polar surface area (TPSA) is 91.3 Å². The van der Waals surface area contributed by atoms with Crippen LogP contribution in [0.25, 0.3) is 6.08 Å². The van der Waals surface area contributed by atoms with E-state index in [-0.39, 0.29) is 12.1 Å². The van der Waals surface area contributed by atoms with Gasteiger partial charge in [-0.3, -0.25) is 0 Å². The number of aromatic nitrogens is 3. The highest BCUT2D eigenvalue weighted by Crippen LogP contribution is 2.42. The molecule has 4 heterocycles. The lowest BCUT2D eigenvalue weighted by atomic mass is 9.92. The molecule has 2 aliphatic carbocycles. The number of fused-ring (bicyclic) bond motifs is 4. The number of halogens is 1. The number of sulfonamides is 1. The molecule has 4 aliphatic rings. The third-order valence-electron chi connectivity index (χ3n) is 7.83. The van der Waals surface area contributed by atoms with E-state index in [1.807, 2.05) is 6.07 Å². The van der Waals surface area contributed by atoms with Gasteiger partial charge in [-0.25, -0.2) is 28.1 Å². The monoisotopic (exact) mass is 500 g/mol. The second-order valence-corrected chi connectivity index (χ2v) is 12.3. The first-order chi connectivity index (χ1) is 16.3. The molecule has 1 N–H and O–H groups in total. The van der Waals surface area contributed by atoms with E-state index in [1.165, 1.54) is 6.26 Å². The highest BCUT2D eigenvalue weighted by molar-refractivity contribution is 7.88. The minimum absolute atomic E-state index is 0.0220. The van der Waals surface area contributed by atoms with E-state index in [1.54, 1.807) is 6.33 Å². The number of hydrogen-bond donors (Lipinski definition) is 1. The minimum atomic E-state index is -3.22. The molecule has 0 spiro atoms. The van der Waals surface area contributed by atoms with Crippen molar-refractivity contribution in [3.05, 3.63) is 46.1 Å². The molecule has 1 saturated heterocycles. The maximum atomic E-state index is 11.9. The number of pyridine rings is 1. The SMILES string of the molecule is C[C@@H]1Cc2ncnc(N3CC4CCC(C3)C4NS(C)(=O)=O)c2CN1c1cc(Cl)nc2c1C=CC2. The summed E-state index contributed by atoms with van der Waals surface area (Å²) in [5, 5.41) is 0.525. The molecule has 8 nitrogen and oxygen atoms in total. The highest BCUT2D eigenvalue weighted by atomic mass is 35.5. The van der Waals surface area contributed by atoms with Crippen LogP contribution in [0.1, 0.15) is 42.3 Å². The van der Waals surface area contributed by atoms with Crippen molar-refractivity contribution < 1.29 is 8.42 Å². The van der Waals surface area contributed by atoms with Crippen LogP contribution in [0.2, 0.25) is 5.15 Å². The Bertz CT molecular complexity index is 1270. The number of allylic oxidation sites excluding steroid dienone is 1. The van der Waals surface area contributed by atoms with Crippen molar-refractivity contribution in [2.24, 2.45) is 11.8 Å². The van der Waals surface area contributed by atoms with Crippen LogP contribution < -0.4 is 14.5 Å². The molecule has 10 heteroatoms. The second kappa shape index (κ2) is 8.17. The average molecular weight is 501 g/mol. The minimum Gasteiger partial charge on any atom is -0.363 e. The van der Waals surface area contributed by atoms with Gasteiger partial charge < -0.3 is 9.80 Å². The van der Waals surface area contributed by atoms with Gasteiger partial charge in [0.05, 0.1) is 17.6 Å². The van der Waals surface area contributed by atoms with Gasteiger partial charge in [0.15, 0.2) is 0 Å². The second-order valence-electron chi connectivity index (χ2n) is 10.2. The molecule has 3 atom stereocenters. The van der Waals surface area contributed by atoms with Gasteiger partial charge in [-0.2, -0.15) is 0 Å². The quantitative estimate of drug-likeness (QED) is 0.645. The maximum Gasteiger partial charge on any atom is 0.208 e. The van der Waals surface area contributed by atoms with Gasteiger partial charge in [-0.1, -0.05) is 23.8 Å². The van der Waals surface area contributed by atoms with Crippen LogP contribution in [0.3, 0.4) is 0 Å². The van der Waals surface area contributed by atoms with E-state index in [9.17, 15) is 8.42 Å². The van der Waals surface area contributed by atoms with Crippen molar-refractivity contribution in [1.29, 1.82) is 0 Å². The molecule has 0 amide bonds. The Labute approximate surface area is 205 Å². The summed E-state index contributed by atoms with van der Waals surface area (Å²) in [6, 6.07) is 2.27. The lowest BCUT2D eigenvalue weighted by molar-refractivity contribution is 0.330. The number of nitrogens with zero attached hydrogens (tertiary/aromatic N) is 5. The fourth-order valence-electron chi connectivity index (χ4n) is 6.35. The third-order valence-corrected chi connectivity index (χ3v) is 8.73. The molecule has 2 aromatic heterocycles. The first-order valence-corrected chi connectivity index (χ1v) is 14.2. The third kappa shape index (κ3) is 3.87. The first-order valence-electron chi connectivity index (χ1n) is 11.9. The molecule has 2 aromatic rings. The van der Waals surface area contributed by atoms with Crippen molar-refractivity contribution in [2.45, 2.75) is 51.2 Å². The lowest BCUT2D eigenvalue weighted by Crippen LogP contribution is -2.53. The average Bonchev–Trinajstić information content (AvgIpc) is 3.31. The highest BCUT2D eigenvalue weighted by Gasteiger charge is 2.44. The van der Waals surface area contributed by atoms with Gasteiger partial charge in [0.25, 0.3) is 0 Å². The predicted molar refractivity (Wildman–Crippen MR) is 134 cm³/mol. The molecule has 2 fully saturated rings. The summed E-state index contributed by atoms with van der Waals surface area (Å²) in [4.78, 5) is 18.7. The van der Waals surface area contributed by atoms with Gasteiger partial charge in [0.1, 0.15) is 17.3 Å². The molecule has 2 bridgehead atoms. The molecule has 180 valence electrons. The number of nitrogens with one attached hydrogen (secondary N) is 1. The zero-order valence-corrected chi connectivity index (χ0v) is 21.0. The zero-order valence-electron chi connectivity index (χ0n) is 19.4. The van der Waals surface area contributed by atoms with Crippen LogP contribution in [0.15, 0.2) is 18.5 Å². The Hall–Kier alpha value is -2.23. The van der Waals surface area contributed by atoms with E-state index in [2.05, 4.69) is 43.6 Å². The van der Waals surface area contributed by atoms with Crippen LogP contribution in [0.5, 0.6) is 0 Å². The van der Waals surface area contributed by atoms with Gasteiger partial charge in [-0.05, 0) is 37.7 Å². The van der Waals surface area contributed by atoms with Crippen molar-refractivity contribution in [3.8, 4) is 0 Å². The van der Waals surface area contributed by atoms with Crippen molar-refractivity contribution in [1.82, 2.24) is 19.7 Å². The molecule has 0 aromatic carbocycles. The van der Waals surface area contributed by atoms with E-state index in [0.717, 1.165) is 72.8 Å². The maximum absolute atomic E-state index is 11.9. The fraction of sp³-hybridized carbons (Fsp3) is 0.542. The van der Waals surface area contributed by atoms with Gasteiger partial charge in [0.2, 0.25) is 10.0 Å². The van der Waals surface area contributed by atoms with Gasteiger partial charge in [0, 0.05) is 61.4 Å². The molecule has 6 rings (SSSR count). The van der Waals surface area contributed by atoms with Crippen LogP contribution in [0.4, 0.5) is 11.5 Å². The smallest absolute Gasteiger partial charge is 0.208 e. The summed E-state index contributed by atoms with van der Waals surface area (Å²) < 4.78 is 26.7. The summed E-state index contributed by atoms with van der Waals surface area (Å²) in [6.07, 6.45) is 11.0. The van der Waals surface area contributed by atoms with Crippen molar-refractivity contribution >= 4 is 39.2 Å². The number of piperidine rings is 1. The molecular weight excluding hydrogens is 472 g/mol. The van der Waals surface area contributed by atoms with Crippen LogP contribution in [-0.2, 0) is 29.4 Å². The largest absolute Gasteiger partial charge is 0.363 e. The van der Waals surface area contributed by atoms with Crippen LogP contribution in [-0.4, -0.2) is 54.8 Å². The molecule has 0 radical (unpaired) electrons. The molecular formula is C24H29ClN6O2S. The Balaban J connectivity index is 1.32. The van der Waals surface area contributed by atoms with Crippen LogP contribution >= 0.6 is 11.6 Å². The fourth-order valence-corrected chi connectivity index (χ4v) is 7.43. The predicted octanol–water partition coefficient (Wildman–Crippen LogP) is 2.81. The number of anilines is 2. The summed E-state index contributed by atoms with van der Waals surface area (Å²) >= 11 is 6.40. The number of rotatable bonds is 4. The normalized spacial score (nSPS) is 27.7. The summed E-state index contributed by atoms with van der Waals surface area (Å²) in [5.41, 5.74) is 5.57. The van der Waals surface area contributed by atoms with E-state index in [4.69, 9.17) is 16.6 Å². The Morgan fingerprint density at radius 3 is 2.65 bits per heavy atom. The lowest BCUT2D eigenvalue weighted by Gasteiger charge is -2.42. The van der Waals surface area contributed by atoms with Gasteiger partial charge in [-0.15, -0.1) is 0 Å². The molecule has 34 heavy (non-hydrogen) atoms. The van der Waals surface area contributed by atoms with Crippen LogP contribution in [0, 0.1) is 11.8 Å². The standard InChI is InChI=1S/C24H29ClN6O2S/c1-14-8-20-18(12-31(14)21-9-22(25)28-19-5-3-4-17(19)21)24(27-13-26-20)30-10-15-6-7-16(11-30)23(15)29-34(2,32)33/h3-4,9,13-16,23,29H,5-8,10-12H2,1-2H3/t14-,15?,16?,23?/m1/s1. The van der Waals surface area contributed by atoms with Crippen molar-refractivity contribution in [2.75, 3.05) is 29.1 Å². The van der Waals surface area contributed by atoms with E-state index < -0.39 is 10.0 Å². The van der Waals surface area contributed by atoms with E-state index >= 15 is 0 Å². The number of hydrogen-bond acceptors (Lipinski definition) is 7. The summed E-state index contributed by atoms with van der Waals surface area (Å²) in [5.74, 6) is 1.58. The molecule has 2 aliphatic heterocycles. The molecule has 2 unspecified atom stereocenters.